The second kappa shape index (κ2) is 10.8. The van der Waals surface area contributed by atoms with E-state index in [2.05, 4.69) is 5.32 Å². The number of sulfonamides is 1. The van der Waals surface area contributed by atoms with Gasteiger partial charge in [0.1, 0.15) is 6.04 Å². The Labute approximate surface area is 219 Å². The van der Waals surface area contributed by atoms with Crippen LogP contribution in [0.25, 0.3) is 0 Å². The zero-order valence-corrected chi connectivity index (χ0v) is 21.4. The largest absolute Gasteiger partial charge is 0.336 e. The number of benzene rings is 3. The summed E-state index contributed by atoms with van der Waals surface area (Å²) in [5.74, 6) is -0.627. The minimum Gasteiger partial charge on any atom is -0.336 e. The number of carbonyl (C=O) groups excluding carboxylic acids is 2. The van der Waals surface area contributed by atoms with Crippen LogP contribution in [-0.4, -0.2) is 42.8 Å². The highest BCUT2D eigenvalue weighted by atomic mass is 35.5. The summed E-state index contributed by atoms with van der Waals surface area (Å²) in [6.07, 6.45) is 0.367. The second-order valence-corrected chi connectivity index (χ2v) is 10.6. The van der Waals surface area contributed by atoms with Gasteiger partial charge in [0.15, 0.2) is 5.11 Å². The molecule has 0 aliphatic carbocycles. The predicted octanol–water partition coefficient (Wildman–Crippen LogP) is 3.56. The van der Waals surface area contributed by atoms with Gasteiger partial charge in [0.25, 0.3) is 5.91 Å². The first-order valence-corrected chi connectivity index (χ1v) is 13.3. The molecule has 3 aromatic carbocycles. The van der Waals surface area contributed by atoms with Gasteiger partial charge < -0.3 is 10.2 Å². The van der Waals surface area contributed by atoms with E-state index in [4.69, 9.17) is 29.0 Å². The van der Waals surface area contributed by atoms with Gasteiger partial charge in [0.2, 0.25) is 15.9 Å². The summed E-state index contributed by atoms with van der Waals surface area (Å²) >= 11 is 11.6. The van der Waals surface area contributed by atoms with Gasteiger partial charge in [0.05, 0.1) is 17.0 Å². The SMILES string of the molecule is NS(=O)(=O)c1ccc(CCN2C(=S)N(c3ccccc3)C(=O)C2CC(=O)Nc2ccc(Cl)cc2)cc1. The topological polar surface area (TPSA) is 113 Å². The fourth-order valence-electron chi connectivity index (χ4n) is 3.92. The minimum absolute atomic E-state index is 0.0186. The number of nitrogens with zero attached hydrogens (tertiary/aromatic N) is 2. The summed E-state index contributed by atoms with van der Waals surface area (Å²) in [6, 6.07) is 21.1. The maximum atomic E-state index is 13.4. The normalized spacial score (nSPS) is 15.9. The van der Waals surface area contributed by atoms with E-state index in [1.165, 1.54) is 17.0 Å². The molecular formula is C25H23ClN4O4S2. The molecule has 4 rings (SSSR count). The number of hydrogen-bond acceptors (Lipinski definition) is 5. The van der Waals surface area contributed by atoms with Gasteiger partial charge in [-0.05, 0) is 72.7 Å². The van der Waals surface area contributed by atoms with Crippen LogP contribution in [-0.2, 0) is 26.0 Å². The van der Waals surface area contributed by atoms with Crippen molar-refractivity contribution in [3.8, 4) is 0 Å². The van der Waals surface area contributed by atoms with Crippen LogP contribution in [0.15, 0.2) is 83.8 Å². The standard InChI is InChI=1S/C25H23ClN4O4S2/c26-18-8-10-19(11-9-18)28-23(31)16-22-24(32)30(20-4-2-1-3-5-20)25(35)29(22)15-14-17-6-12-21(13-7-17)36(27,33)34/h1-13,22H,14-16H2,(H,28,31)(H2,27,33,34). The molecular weight excluding hydrogens is 520 g/mol. The minimum atomic E-state index is -3.79. The van der Waals surface area contributed by atoms with Crippen LogP contribution in [0.3, 0.4) is 0 Å². The van der Waals surface area contributed by atoms with Gasteiger partial charge in [-0.25, -0.2) is 13.6 Å². The van der Waals surface area contributed by atoms with Gasteiger partial charge in [-0.1, -0.05) is 41.9 Å². The van der Waals surface area contributed by atoms with Crippen LogP contribution in [0.4, 0.5) is 11.4 Å². The number of rotatable bonds is 8. The number of carbonyl (C=O) groups is 2. The molecule has 0 bridgehead atoms. The van der Waals surface area contributed by atoms with Crippen molar-refractivity contribution in [1.29, 1.82) is 0 Å². The molecule has 0 radical (unpaired) electrons. The summed E-state index contributed by atoms with van der Waals surface area (Å²) in [5, 5.41) is 8.81. The molecule has 1 fully saturated rings. The van der Waals surface area contributed by atoms with Crippen molar-refractivity contribution in [2.45, 2.75) is 23.8 Å². The number of primary sulfonamides is 1. The zero-order chi connectivity index (χ0) is 25.9. The molecule has 1 unspecified atom stereocenters. The second-order valence-electron chi connectivity index (χ2n) is 8.20. The van der Waals surface area contributed by atoms with Crippen LogP contribution in [0, 0.1) is 0 Å². The maximum Gasteiger partial charge on any atom is 0.256 e. The Balaban J connectivity index is 1.53. The maximum absolute atomic E-state index is 13.4. The number of nitrogens with two attached hydrogens (primary N) is 1. The number of amides is 2. The van der Waals surface area contributed by atoms with Gasteiger partial charge in [-0.2, -0.15) is 0 Å². The highest BCUT2D eigenvalue weighted by Gasteiger charge is 2.43. The van der Waals surface area contributed by atoms with E-state index in [9.17, 15) is 18.0 Å². The van der Waals surface area contributed by atoms with Crippen molar-refractivity contribution in [1.82, 2.24) is 4.90 Å². The summed E-state index contributed by atoms with van der Waals surface area (Å²) in [4.78, 5) is 29.5. The molecule has 11 heteroatoms. The molecule has 0 aromatic heterocycles. The van der Waals surface area contributed by atoms with Crippen LogP contribution in [0.2, 0.25) is 5.02 Å². The third-order valence-electron chi connectivity index (χ3n) is 5.73. The molecule has 2 amide bonds. The molecule has 36 heavy (non-hydrogen) atoms. The molecule has 0 saturated carbocycles. The van der Waals surface area contributed by atoms with E-state index in [1.54, 1.807) is 53.4 Å². The Morgan fingerprint density at radius 1 is 1.00 bits per heavy atom. The lowest BCUT2D eigenvalue weighted by Gasteiger charge is -2.24. The zero-order valence-electron chi connectivity index (χ0n) is 19.0. The molecule has 1 heterocycles. The van der Waals surface area contributed by atoms with Crippen molar-refractivity contribution < 1.29 is 18.0 Å². The fraction of sp³-hybridized carbons (Fsp3) is 0.160. The Hall–Kier alpha value is -3.31. The highest BCUT2D eigenvalue weighted by molar-refractivity contribution is 7.89. The lowest BCUT2D eigenvalue weighted by atomic mass is 10.1. The third kappa shape index (κ3) is 5.90. The van der Waals surface area contributed by atoms with Crippen molar-refractivity contribution in [3.63, 3.8) is 0 Å². The summed E-state index contributed by atoms with van der Waals surface area (Å²) in [5.41, 5.74) is 2.02. The van der Waals surface area contributed by atoms with Crippen LogP contribution in [0.1, 0.15) is 12.0 Å². The summed E-state index contributed by atoms with van der Waals surface area (Å²) in [7, 11) is -3.79. The molecule has 1 saturated heterocycles. The first-order valence-electron chi connectivity index (χ1n) is 11.0. The molecule has 1 aliphatic rings. The summed E-state index contributed by atoms with van der Waals surface area (Å²) in [6.45, 7) is 0.349. The predicted molar refractivity (Wildman–Crippen MR) is 143 cm³/mol. The van der Waals surface area contributed by atoms with E-state index < -0.39 is 16.1 Å². The molecule has 1 aliphatic heterocycles. The molecule has 1 atom stereocenters. The quantitative estimate of drug-likeness (QED) is 0.421. The Morgan fingerprint density at radius 2 is 1.64 bits per heavy atom. The monoisotopic (exact) mass is 542 g/mol. The number of thiocarbonyl (C=S) groups is 1. The van der Waals surface area contributed by atoms with Crippen molar-refractivity contribution in [3.05, 3.63) is 89.4 Å². The van der Waals surface area contributed by atoms with Crippen LogP contribution < -0.4 is 15.4 Å². The van der Waals surface area contributed by atoms with Gasteiger partial charge in [0, 0.05) is 17.3 Å². The third-order valence-corrected chi connectivity index (χ3v) is 7.33. The first-order chi connectivity index (χ1) is 17.1. The van der Waals surface area contributed by atoms with E-state index in [0.29, 0.717) is 34.5 Å². The molecule has 3 N–H and O–H groups in total. The summed E-state index contributed by atoms with van der Waals surface area (Å²) < 4.78 is 23.0. The number of halogens is 1. The van der Waals surface area contributed by atoms with Gasteiger partial charge >= 0.3 is 0 Å². The number of hydrogen-bond donors (Lipinski definition) is 2. The smallest absolute Gasteiger partial charge is 0.256 e. The van der Waals surface area contributed by atoms with Crippen molar-refractivity contribution in [2.75, 3.05) is 16.8 Å². The Bertz CT molecular complexity index is 1380. The van der Waals surface area contributed by atoms with E-state index in [0.717, 1.165) is 5.56 Å². The fourth-order valence-corrected chi connectivity index (χ4v) is 4.97. The molecule has 3 aromatic rings. The van der Waals surface area contributed by atoms with E-state index in [-0.39, 0.29) is 23.1 Å². The lowest BCUT2D eigenvalue weighted by molar-refractivity contribution is -0.124. The Morgan fingerprint density at radius 3 is 2.25 bits per heavy atom. The number of para-hydroxylation sites is 1. The number of anilines is 2. The van der Waals surface area contributed by atoms with E-state index >= 15 is 0 Å². The Kier molecular flexibility index (Phi) is 7.70. The van der Waals surface area contributed by atoms with Crippen molar-refractivity contribution in [2.24, 2.45) is 5.14 Å². The van der Waals surface area contributed by atoms with E-state index in [1.807, 2.05) is 18.2 Å². The molecule has 0 spiro atoms. The van der Waals surface area contributed by atoms with Crippen LogP contribution >= 0.6 is 23.8 Å². The van der Waals surface area contributed by atoms with Crippen LogP contribution in [0.5, 0.6) is 0 Å². The number of nitrogens with one attached hydrogen (secondary N) is 1. The van der Waals surface area contributed by atoms with Gasteiger partial charge in [-0.3, -0.25) is 14.5 Å². The molecule has 186 valence electrons. The van der Waals surface area contributed by atoms with Crippen molar-refractivity contribution >= 4 is 62.1 Å². The first kappa shape index (κ1) is 25.8. The van der Waals surface area contributed by atoms with Gasteiger partial charge in [-0.15, -0.1) is 0 Å². The average molecular weight is 543 g/mol. The average Bonchev–Trinajstić information content (AvgIpc) is 3.08. The highest BCUT2D eigenvalue weighted by Crippen LogP contribution is 2.28. The lowest BCUT2D eigenvalue weighted by Crippen LogP contribution is -2.39. The molecule has 8 nitrogen and oxygen atoms in total.